The van der Waals surface area contributed by atoms with Crippen LogP contribution >= 0.6 is 0 Å². The van der Waals surface area contributed by atoms with E-state index in [1.165, 1.54) is 11.1 Å². The summed E-state index contributed by atoms with van der Waals surface area (Å²) < 4.78 is 0. The first-order valence-electron chi connectivity index (χ1n) is 12.5. The highest BCUT2D eigenvalue weighted by Gasteiger charge is 2.23. The van der Waals surface area contributed by atoms with E-state index in [0.717, 1.165) is 41.3 Å². The Morgan fingerprint density at radius 2 is 1.31 bits per heavy atom. The van der Waals surface area contributed by atoms with Gasteiger partial charge in [-0.2, -0.15) is 0 Å². The highest BCUT2D eigenvalue weighted by atomic mass is 16.2. The molecule has 0 saturated carbocycles. The second-order valence-electron chi connectivity index (χ2n) is 10.5. The molecule has 188 valence electrons. The standard InChI is InChI=1S/C30H36N4O2/c1-21-6-11-26(20-22(21)2)32-29(36)31-25-12-14-27(15-13-25)33-16-18-34(19-17-33)28(35)23-7-9-24(10-8-23)30(3,4)5/h6-15,20H,16-19H2,1-5H3,(H2,31,32,36). The normalized spacial score (nSPS) is 13.9. The summed E-state index contributed by atoms with van der Waals surface area (Å²) in [6, 6.07) is 21.4. The molecule has 0 atom stereocenters. The Bertz CT molecular complexity index is 1220. The van der Waals surface area contributed by atoms with Gasteiger partial charge in [0.15, 0.2) is 0 Å². The molecule has 6 heteroatoms. The van der Waals surface area contributed by atoms with E-state index < -0.39 is 0 Å². The van der Waals surface area contributed by atoms with Crippen molar-refractivity contribution in [2.75, 3.05) is 41.7 Å². The van der Waals surface area contributed by atoms with E-state index in [4.69, 9.17) is 0 Å². The molecule has 1 heterocycles. The van der Waals surface area contributed by atoms with Crippen LogP contribution in [0.25, 0.3) is 0 Å². The third-order valence-electron chi connectivity index (χ3n) is 6.82. The number of rotatable bonds is 4. The van der Waals surface area contributed by atoms with Gasteiger partial charge in [0.05, 0.1) is 0 Å². The van der Waals surface area contributed by atoms with Crippen molar-refractivity contribution in [3.63, 3.8) is 0 Å². The van der Waals surface area contributed by atoms with Crippen LogP contribution < -0.4 is 15.5 Å². The van der Waals surface area contributed by atoms with Gasteiger partial charge < -0.3 is 20.4 Å². The number of hydrogen-bond acceptors (Lipinski definition) is 3. The zero-order chi connectivity index (χ0) is 25.9. The van der Waals surface area contributed by atoms with E-state index in [1.807, 2.05) is 73.3 Å². The number of aryl methyl sites for hydroxylation is 2. The molecule has 3 aromatic rings. The first-order valence-corrected chi connectivity index (χ1v) is 12.5. The molecule has 1 aliphatic rings. The van der Waals surface area contributed by atoms with Crippen molar-refractivity contribution in [3.05, 3.63) is 89.0 Å². The number of piperazine rings is 1. The molecule has 3 amide bonds. The Morgan fingerprint density at radius 3 is 1.89 bits per heavy atom. The fourth-order valence-electron chi connectivity index (χ4n) is 4.33. The summed E-state index contributed by atoms with van der Waals surface area (Å²) in [6.07, 6.45) is 0. The van der Waals surface area contributed by atoms with Crippen molar-refractivity contribution >= 4 is 29.0 Å². The van der Waals surface area contributed by atoms with Crippen LogP contribution in [0.15, 0.2) is 66.7 Å². The van der Waals surface area contributed by atoms with Crippen LogP contribution in [0.3, 0.4) is 0 Å². The molecular formula is C30H36N4O2. The number of carbonyl (C=O) groups excluding carboxylic acids is 2. The molecule has 1 saturated heterocycles. The number of hydrogen-bond donors (Lipinski definition) is 2. The van der Waals surface area contributed by atoms with Gasteiger partial charge in [0.1, 0.15) is 0 Å². The first kappa shape index (κ1) is 25.3. The van der Waals surface area contributed by atoms with Crippen molar-refractivity contribution in [1.29, 1.82) is 0 Å². The third-order valence-corrected chi connectivity index (χ3v) is 6.82. The minimum atomic E-state index is -0.270. The van der Waals surface area contributed by atoms with Gasteiger partial charge in [-0.15, -0.1) is 0 Å². The third kappa shape index (κ3) is 6.06. The average Bonchev–Trinajstić information content (AvgIpc) is 2.86. The van der Waals surface area contributed by atoms with Crippen LogP contribution in [-0.2, 0) is 5.41 Å². The van der Waals surface area contributed by atoms with E-state index >= 15 is 0 Å². The van der Waals surface area contributed by atoms with Crippen molar-refractivity contribution in [2.45, 2.75) is 40.0 Å². The molecule has 36 heavy (non-hydrogen) atoms. The van der Waals surface area contributed by atoms with Gasteiger partial charge in [-0.25, -0.2) is 4.79 Å². The van der Waals surface area contributed by atoms with Gasteiger partial charge >= 0.3 is 6.03 Å². The smallest absolute Gasteiger partial charge is 0.323 e. The summed E-state index contributed by atoms with van der Waals surface area (Å²) in [5.74, 6) is 0.0874. The van der Waals surface area contributed by atoms with E-state index in [9.17, 15) is 9.59 Å². The van der Waals surface area contributed by atoms with Crippen LogP contribution in [0.5, 0.6) is 0 Å². The van der Waals surface area contributed by atoms with Crippen molar-refractivity contribution in [2.24, 2.45) is 0 Å². The van der Waals surface area contributed by atoms with Crippen LogP contribution in [0.2, 0.25) is 0 Å². The van der Waals surface area contributed by atoms with Crippen LogP contribution in [0, 0.1) is 13.8 Å². The molecule has 0 bridgehead atoms. The number of benzene rings is 3. The molecule has 0 spiro atoms. The number of nitrogens with zero attached hydrogens (tertiary/aromatic N) is 2. The zero-order valence-electron chi connectivity index (χ0n) is 21.9. The fraction of sp³-hybridized carbons (Fsp3) is 0.333. The fourth-order valence-corrected chi connectivity index (χ4v) is 4.33. The molecule has 0 unspecified atom stereocenters. The molecule has 2 N–H and O–H groups in total. The molecular weight excluding hydrogens is 448 g/mol. The Kier molecular flexibility index (Phi) is 7.34. The van der Waals surface area contributed by atoms with Crippen LogP contribution in [0.4, 0.5) is 21.9 Å². The minimum absolute atomic E-state index is 0.0717. The maximum absolute atomic E-state index is 13.0. The summed E-state index contributed by atoms with van der Waals surface area (Å²) in [5.41, 5.74) is 6.95. The average molecular weight is 485 g/mol. The summed E-state index contributed by atoms with van der Waals surface area (Å²) in [5, 5.41) is 5.76. The minimum Gasteiger partial charge on any atom is -0.368 e. The van der Waals surface area contributed by atoms with E-state index in [-0.39, 0.29) is 17.4 Å². The lowest BCUT2D eigenvalue weighted by atomic mass is 9.86. The van der Waals surface area contributed by atoms with Crippen molar-refractivity contribution < 1.29 is 9.59 Å². The second-order valence-corrected chi connectivity index (χ2v) is 10.5. The number of nitrogens with one attached hydrogen (secondary N) is 2. The Morgan fingerprint density at radius 1 is 0.722 bits per heavy atom. The predicted octanol–water partition coefficient (Wildman–Crippen LogP) is 6.21. The van der Waals surface area contributed by atoms with E-state index in [1.54, 1.807) is 0 Å². The Hall–Kier alpha value is -3.80. The SMILES string of the molecule is Cc1ccc(NC(=O)Nc2ccc(N3CCN(C(=O)c4ccc(C(C)(C)C)cc4)CC3)cc2)cc1C. The van der Waals surface area contributed by atoms with Crippen LogP contribution in [0.1, 0.15) is 47.8 Å². The van der Waals surface area contributed by atoms with Crippen molar-refractivity contribution in [3.8, 4) is 0 Å². The van der Waals surface area contributed by atoms with E-state index in [2.05, 4.69) is 48.4 Å². The lowest BCUT2D eigenvalue weighted by molar-refractivity contribution is 0.0746. The number of urea groups is 1. The maximum Gasteiger partial charge on any atom is 0.323 e. The molecule has 1 fully saturated rings. The number of amides is 3. The summed E-state index contributed by atoms with van der Waals surface area (Å²) in [4.78, 5) is 29.6. The second kappa shape index (κ2) is 10.4. The van der Waals surface area contributed by atoms with Gasteiger partial charge in [0.25, 0.3) is 5.91 Å². The molecule has 4 rings (SSSR count). The summed E-state index contributed by atoms with van der Waals surface area (Å²) in [6.45, 7) is 13.5. The molecule has 1 aliphatic heterocycles. The lowest BCUT2D eigenvalue weighted by Crippen LogP contribution is -2.48. The quantitative estimate of drug-likeness (QED) is 0.463. The molecule has 0 aromatic heterocycles. The summed E-state index contributed by atoms with van der Waals surface area (Å²) >= 11 is 0. The maximum atomic E-state index is 13.0. The topological polar surface area (TPSA) is 64.7 Å². The Balaban J connectivity index is 1.29. The molecule has 3 aromatic carbocycles. The highest BCUT2D eigenvalue weighted by molar-refractivity contribution is 6.00. The first-order chi connectivity index (χ1) is 17.1. The predicted molar refractivity (Wildman–Crippen MR) is 148 cm³/mol. The number of anilines is 3. The van der Waals surface area contributed by atoms with Gasteiger partial charge in [-0.05, 0) is 84.5 Å². The largest absolute Gasteiger partial charge is 0.368 e. The number of carbonyl (C=O) groups is 2. The molecule has 0 radical (unpaired) electrons. The summed E-state index contributed by atoms with van der Waals surface area (Å²) in [7, 11) is 0. The van der Waals surface area contributed by atoms with Gasteiger partial charge in [-0.3, -0.25) is 4.79 Å². The van der Waals surface area contributed by atoms with E-state index in [0.29, 0.717) is 13.1 Å². The lowest BCUT2D eigenvalue weighted by Gasteiger charge is -2.36. The monoisotopic (exact) mass is 484 g/mol. The highest BCUT2D eigenvalue weighted by Crippen LogP contribution is 2.24. The van der Waals surface area contributed by atoms with Gasteiger partial charge in [0, 0.05) is 48.8 Å². The zero-order valence-corrected chi connectivity index (χ0v) is 21.9. The Labute approximate surface area is 214 Å². The van der Waals surface area contributed by atoms with Crippen molar-refractivity contribution in [1.82, 2.24) is 4.90 Å². The van der Waals surface area contributed by atoms with Gasteiger partial charge in [0.2, 0.25) is 0 Å². The van der Waals surface area contributed by atoms with Gasteiger partial charge in [-0.1, -0.05) is 39.0 Å². The molecule has 6 nitrogen and oxygen atoms in total. The van der Waals surface area contributed by atoms with Crippen LogP contribution in [-0.4, -0.2) is 43.0 Å². The molecule has 0 aliphatic carbocycles.